The summed E-state index contributed by atoms with van der Waals surface area (Å²) in [7, 11) is 0. The molecule has 6 heteroatoms. The van der Waals surface area contributed by atoms with Crippen molar-refractivity contribution in [1.29, 1.82) is 0 Å². The van der Waals surface area contributed by atoms with Crippen LogP contribution in [0.5, 0.6) is 0 Å². The van der Waals surface area contributed by atoms with E-state index in [0.717, 1.165) is 46.2 Å². The maximum Gasteiger partial charge on any atom is 0.276 e. The molecule has 136 valence electrons. The second-order valence-electron chi connectivity index (χ2n) is 7.05. The Bertz CT molecular complexity index is 1030. The van der Waals surface area contributed by atoms with Crippen molar-refractivity contribution in [2.24, 2.45) is 0 Å². The maximum absolute atomic E-state index is 13.2. The van der Waals surface area contributed by atoms with Gasteiger partial charge in [-0.15, -0.1) is 11.3 Å². The standard InChI is InChI=1S/C20H23N3O2S/c1-3-15(19(24)21-13-8-4-5-9-13)23-20(25)17-14-10-6-7-11-16(14)26-18(17)12(2)22-23/h6-7,10-11,13,15H,3-5,8-9H2,1-2H3,(H,21,24). The molecule has 4 rings (SSSR count). The fourth-order valence-corrected chi connectivity index (χ4v) is 5.06. The average molecular weight is 369 g/mol. The van der Waals surface area contributed by atoms with Crippen molar-refractivity contribution >= 4 is 37.4 Å². The molecule has 1 amide bonds. The van der Waals surface area contributed by atoms with Crippen molar-refractivity contribution in [2.45, 2.75) is 58.0 Å². The van der Waals surface area contributed by atoms with E-state index in [1.165, 1.54) is 4.68 Å². The Hall–Kier alpha value is -2.21. The van der Waals surface area contributed by atoms with Gasteiger partial charge in [0.2, 0.25) is 5.91 Å². The fraction of sp³-hybridized carbons (Fsp3) is 0.450. The van der Waals surface area contributed by atoms with Gasteiger partial charge in [-0.05, 0) is 32.3 Å². The number of hydrogen-bond acceptors (Lipinski definition) is 4. The highest BCUT2D eigenvalue weighted by atomic mass is 32.1. The van der Waals surface area contributed by atoms with E-state index in [9.17, 15) is 9.59 Å². The van der Waals surface area contributed by atoms with Crippen LogP contribution >= 0.6 is 11.3 Å². The molecule has 5 nitrogen and oxygen atoms in total. The van der Waals surface area contributed by atoms with Gasteiger partial charge in [0.15, 0.2) is 0 Å². The Balaban J connectivity index is 1.81. The van der Waals surface area contributed by atoms with Crippen molar-refractivity contribution in [2.75, 3.05) is 0 Å². The Labute approximate surface area is 156 Å². The molecular formula is C20H23N3O2S. The molecule has 0 bridgehead atoms. The third-order valence-corrected chi connectivity index (χ3v) is 6.57. The predicted molar refractivity (Wildman–Crippen MR) is 106 cm³/mol. The Morgan fingerprint density at radius 1 is 1.35 bits per heavy atom. The average Bonchev–Trinajstić information content (AvgIpc) is 3.27. The van der Waals surface area contributed by atoms with Crippen molar-refractivity contribution < 1.29 is 4.79 Å². The number of nitrogens with zero attached hydrogens (tertiary/aromatic N) is 2. The van der Waals surface area contributed by atoms with E-state index in [1.807, 2.05) is 38.1 Å². The number of rotatable bonds is 4. The lowest BCUT2D eigenvalue weighted by atomic mass is 10.1. The molecule has 0 spiro atoms. The topological polar surface area (TPSA) is 64.0 Å². The summed E-state index contributed by atoms with van der Waals surface area (Å²) < 4.78 is 3.39. The van der Waals surface area contributed by atoms with E-state index in [2.05, 4.69) is 10.4 Å². The van der Waals surface area contributed by atoms with Crippen LogP contribution in [-0.4, -0.2) is 21.7 Å². The van der Waals surface area contributed by atoms with Gasteiger partial charge < -0.3 is 5.32 Å². The summed E-state index contributed by atoms with van der Waals surface area (Å²) in [5.74, 6) is -0.0905. The van der Waals surface area contributed by atoms with Gasteiger partial charge in [-0.25, -0.2) is 4.68 Å². The molecule has 1 fully saturated rings. The number of thiophene rings is 1. The minimum Gasteiger partial charge on any atom is -0.352 e. The zero-order valence-corrected chi connectivity index (χ0v) is 15.9. The summed E-state index contributed by atoms with van der Waals surface area (Å²) >= 11 is 1.59. The number of aryl methyl sites for hydroxylation is 1. The van der Waals surface area contributed by atoms with Crippen LogP contribution in [-0.2, 0) is 4.79 Å². The third kappa shape index (κ3) is 2.82. The number of fused-ring (bicyclic) bond motifs is 3. The van der Waals surface area contributed by atoms with Crippen LogP contribution in [0.15, 0.2) is 29.1 Å². The summed E-state index contributed by atoms with van der Waals surface area (Å²) in [5, 5.41) is 9.27. The number of benzene rings is 1. The molecule has 1 unspecified atom stereocenters. The van der Waals surface area contributed by atoms with Crippen LogP contribution < -0.4 is 10.9 Å². The van der Waals surface area contributed by atoms with E-state index >= 15 is 0 Å². The molecule has 3 aromatic rings. The van der Waals surface area contributed by atoms with Gasteiger partial charge in [0.25, 0.3) is 5.56 Å². The second-order valence-corrected chi connectivity index (χ2v) is 8.10. The summed E-state index contributed by atoms with van der Waals surface area (Å²) in [6, 6.07) is 7.58. The fourth-order valence-electron chi connectivity index (χ4n) is 3.93. The first-order chi connectivity index (χ1) is 12.6. The monoisotopic (exact) mass is 369 g/mol. The lowest BCUT2D eigenvalue weighted by molar-refractivity contribution is -0.125. The SMILES string of the molecule is CCC(C(=O)NC1CCCC1)n1nc(C)c2sc3ccccc3c2c1=O. The molecule has 26 heavy (non-hydrogen) atoms. The first kappa shape index (κ1) is 17.2. The molecule has 2 heterocycles. The highest BCUT2D eigenvalue weighted by molar-refractivity contribution is 7.26. The number of aromatic nitrogens is 2. The summed E-state index contributed by atoms with van der Waals surface area (Å²) in [5.41, 5.74) is 0.629. The number of amides is 1. The van der Waals surface area contributed by atoms with Gasteiger partial charge in [0.1, 0.15) is 6.04 Å². The molecule has 2 aromatic heterocycles. The van der Waals surface area contributed by atoms with Crippen LogP contribution in [0.25, 0.3) is 20.2 Å². The van der Waals surface area contributed by atoms with Gasteiger partial charge in [-0.1, -0.05) is 38.0 Å². The Morgan fingerprint density at radius 2 is 2.08 bits per heavy atom. The van der Waals surface area contributed by atoms with Crippen LogP contribution in [0.3, 0.4) is 0 Å². The third-order valence-electron chi connectivity index (χ3n) is 5.29. The summed E-state index contributed by atoms with van der Waals surface area (Å²) in [6.45, 7) is 3.84. The smallest absolute Gasteiger partial charge is 0.276 e. The maximum atomic E-state index is 13.2. The molecule has 1 atom stereocenters. The van der Waals surface area contributed by atoms with Gasteiger partial charge >= 0.3 is 0 Å². The first-order valence-corrected chi connectivity index (χ1v) is 10.1. The van der Waals surface area contributed by atoms with Crippen molar-refractivity contribution in [1.82, 2.24) is 15.1 Å². The highest BCUT2D eigenvalue weighted by Gasteiger charge is 2.26. The Morgan fingerprint density at radius 3 is 2.81 bits per heavy atom. The number of nitrogens with one attached hydrogen (secondary N) is 1. The van der Waals surface area contributed by atoms with Crippen molar-refractivity contribution in [3.63, 3.8) is 0 Å². The molecule has 1 saturated carbocycles. The Kier molecular flexibility index (Phi) is 4.53. The quantitative estimate of drug-likeness (QED) is 0.758. The second kappa shape index (κ2) is 6.83. The summed E-state index contributed by atoms with van der Waals surface area (Å²) in [4.78, 5) is 26.0. The van der Waals surface area contributed by atoms with Crippen LogP contribution in [0.4, 0.5) is 0 Å². The van der Waals surface area contributed by atoms with Crippen LogP contribution in [0.1, 0.15) is 50.8 Å². The zero-order chi connectivity index (χ0) is 18.3. The lowest BCUT2D eigenvalue weighted by Crippen LogP contribution is -2.42. The van der Waals surface area contributed by atoms with E-state index in [0.29, 0.717) is 11.8 Å². The van der Waals surface area contributed by atoms with Crippen LogP contribution in [0.2, 0.25) is 0 Å². The largest absolute Gasteiger partial charge is 0.352 e. The minimum atomic E-state index is -0.565. The van der Waals surface area contributed by atoms with Crippen molar-refractivity contribution in [3.05, 3.63) is 40.3 Å². The van der Waals surface area contributed by atoms with Crippen molar-refractivity contribution in [3.8, 4) is 0 Å². The number of hydrogen-bond donors (Lipinski definition) is 1. The zero-order valence-electron chi connectivity index (χ0n) is 15.1. The predicted octanol–water partition coefficient (Wildman–Crippen LogP) is 3.93. The van der Waals surface area contributed by atoms with Gasteiger partial charge in [-0.3, -0.25) is 9.59 Å². The van der Waals surface area contributed by atoms with Crippen LogP contribution in [0, 0.1) is 6.92 Å². The van der Waals surface area contributed by atoms with E-state index < -0.39 is 6.04 Å². The highest BCUT2D eigenvalue weighted by Crippen LogP contribution is 2.33. The summed E-state index contributed by atoms with van der Waals surface area (Å²) in [6.07, 6.45) is 4.91. The molecule has 1 aliphatic rings. The normalized spacial score (nSPS) is 16.4. The number of carbonyl (C=O) groups excluding carboxylic acids is 1. The molecule has 0 radical (unpaired) electrons. The minimum absolute atomic E-state index is 0.0905. The first-order valence-electron chi connectivity index (χ1n) is 9.31. The van der Waals surface area contributed by atoms with E-state index in [-0.39, 0.29) is 17.5 Å². The van der Waals surface area contributed by atoms with Gasteiger partial charge in [0.05, 0.1) is 15.8 Å². The molecule has 0 aliphatic heterocycles. The molecule has 0 saturated heterocycles. The number of carbonyl (C=O) groups is 1. The molecule has 1 aromatic carbocycles. The lowest BCUT2D eigenvalue weighted by Gasteiger charge is -2.20. The van der Waals surface area contributed by atoms with E-state index in [1.54, 1.807) is 11.3 Å². The van der Waals surface area contributed by atoms with E-state index in [4.69, 9.17) is 0 Å². The van der Waals surface area contributed by atoms with Gasteiger partial charge in [0, 0.05) is 16.1 Å². The molecule has 1 aliphatic carbocycles. The molecule has 1 N–H and O–H groups in total. The van der Waals surface area contributed by atoms with Gasteiger partial charge in [-0.2, -0.15) is 5.10 Å². The molecular weight excluding hydrogens is 346 g/mol.